The first-order valence-corrected chi connectivity index (χ1v) is 3.71. The van der Waals surface area contributed by atoms with Crippen molar-refractivity contribution in [3.63, 3.8) is 0 Å². The molecule has 0 aromatic heterocycles. The number of ketones is 1. The Bertz CT molecular complexity index is 84.5. The molecule has 0 amide bonds. The Hall–Kier alpha value is -0.0500. The molecule has 0 rings (SSSR count). The molecule has 0 aromatic carbocycles. The molecule has 48 valence electrons. The van der Waals surface area contributed by atoms with E-state index in [-0.39, 0.29) is 11.5 Å². The van der Waals surface area contributed by atoms with E-state index in [0.717, 1.165) is 0 Å². The van der Waals surface area contributed by atoms with Crippen LogP contribution in [0.25, 0.3) is 0 Å². The lowest BCUT2D eigenvalue weighted by atomic mass is 10.3. The van der Waals surface area contributed by atoms with E-state index in [1.54, 1.807) is 6.26 Å². The number of rotatable bonds is 3. The first-order chi connectivity index (χ1) is 3.68. The van der Waals surface area contributed by atoms with Crippen LogP contribution in [-0.2, 0) is 4.79 Å². The summed E-state index contributed by atoms with van der Waals surface area (Å²) >= 11 is 1.34. The number of hydrogen-bond acceptors (Lipinski definition) is 2. The minimum atomic E-state index is -1.26. The molecule has 1 nitrogen and oxygen atoms in total. The summed E-state index contributed by atoms with van der Waals surface area (Å²) in [5.74, 6) is -0.0886. The first kappa shape index (κ1) is 7.95. The van der Waals surface area contributed by atoms with E-state index in [4.69, 9.17) is 0 Å². The van der Waals surface area contributed by atoms with Crippen LogP contribution in [0.5, 0.6) is 0 Å². The fourth-order valence-corrected chi connectivity index (χ4v) is 0.791. The molecule has 0 N–H and O–H groups in total. The fraction of sp³-hybridized carbons (Fsp3) is 0.800. The Kier molecular flexibility index (Phi) is 3.87. The van der Waals surface area contributed by atoms with Crippen molar-refractivity contribution in [3.8, 4) is 0 Å². The standard InChI is InChI=1S/C5H9FOS/c1-4(7)5(6)3-8-2/h5H,3H2,1-2H3. The largest absolute Gasteiger partial charge is 0.297 e. The lowest BCUT2D eigenvalue weighted by molar-refractivity contribution is -0.120. The lowest BCUT2D eigenvalue weighted by Crippen LogP contribution is -2.13. The predicted octanol–water partition coefficient (Wildman–Crippen LogP) is 1.28. The van der Waals surface area contributed by atoms with E-state index >= 15 is 0 Å². The van der Waals surface area contributed by atoms with Crippen LogP contribution in [0.15, 0.2) is 0 Å². The van der Waals surface area contributed by atoms with Gasteiger partial charge in [0.15, 0.2) is 12.0 Å². The minimum absolute atomic E-state index is 0.287. The molecular formula is C5H9FOS. The van der Waals surface area contributed by atoms with E-state index in [0.29, 0.717) is 0 Å². The van der Waals surface area contributed by atoms with Gasteiger partial charge in [0.2, 0.25) is 0 Å². The summed E-state index contributed by atoms with van der Waals surface area (Å²) in [6.07, 6.45) is 0.514. The molecule has 8 heavy (non-hydrogen) atoms. The second-order valence-electron chi connectivity index (χ2n) is 1.53. The first-order valence-electron chi connectivity index (χ1n) is 2.32. The predicted molar refractivity (Wildman–Crippen MR) is 34.0 cm³/mol. The second kappa shape index (κ2) is 3.89. The number of carbonyl (C=O) groups excluding carboxylic acids is 1. The van der Waals surface area contributed by atoms with E-state index in [1.165, 1.54) is 18.7 Å². The van der Waals surface area contributed by atoms with Gasteiger partial charge in [-0.15, -0.1) is 0 Å². The highest BCUT2D eigenvalue weighted by Gasteiger charge is 2.09. The number of halogens is 1. The summed E-state index contributed by atoms with van der Waals surface area (Å²) in [7, 11) is 0. The smallest absolute Gasteiger partial charge is 0.167 e. The van der Waals surface area contributed by atoms with Gasteiger partial charge in [0.25, 0.3) is 0 Å². The molecule has 0 radical (unpaired) electrons. The average Bonchev–Trinajstić information content (AvgIpc) is 1.67. The van der Waals surface area contributed by atoms with Gasteiger partial charge in [0.05, 0.1) is 0 Å². The fourth-order valence-electron chi connectivity index (χ4n) is 0.264. The number of alkyl halides is 1. The third-order valence-electron chi connectivity index (χ3n) is 0.754. The monoisotopic (exact) mass is 136 g/mol. The molecule has 0 aliphatic carbocycles. The van der Waals surface area contributed by atoms with Gasteiger partial charge in [0, 0.05) is 5.75 Å². The van der Waals surface area contributed by atoms with Crippen LogP contribution in [0.1, 0.15) is 6.92 Å². The Balaban J connectivity index is 3.32. The van der Waals surface area contributed by atoms with Crippen molar-refractivity contribution in [3.05, 3.63) is 0 Å². The highest BCUT2D eigenvalue weighted by Crippen LogP contribution is 2.01. The van der Waals surface area contributed by atoms with Gasteiger partial charge < -0.3 is 0 Å². The second-order valence-corrected chi connectivity index (χ2v) is 2.44. The molecule has 1 unspecified atom stereocenters. The van der Waals surface area contributed by atoms with E-state index in [1.807, 2.05) is 0 Å². The van der Waals surface area contributed by atoms with Gasteiger partial charge in [0.1, 0.15) is 0 Å². The molecule has 3 heteroatoms. The van der Waals surface area contributed by atoms with E-state index in [2.05, 4.69) is 0 Å². The quantitative estimate of drug-likeness (QED) is 0.581. The molecule has 0 saturated carbocycles. The summed E-state index contributed by atoms with van der Waals surface area (Å²) in [6, 6.07) is 0. The molecule has 0 aromatic rings. The number of hydrogen-bond donors (Lipinski definition) is 0. The molecule has 0 saturated heterocycles. The van der Waals surface area contributed by atoms with Crippen LogP contribution in [0.3, 0.4) is 0 Å². The number of thioether (sulfide) groups is 1. The van der Waals surface area contributed by atoms with Crippen molar-refractivity contribution in [1.82, 2.24) is 0 Å². The molecule has 0 aliphatic heterocycles. The lowest BCUT2D eigenvalue weighted by Gasteiger charge is -1.97. The van der Waals surface area contributed by atoms with Crippen molar-refractivity contribution in [2.24, 2.45) is 0 Å². The number of Topliss-reactive ketones (excluding diaryl/α,β-unsaturated/α-hetero) is 1. The van der Waals surface area contributed by atoms with Gasteiger partial charge in [-0.2, -0.15) is 11.8 Å². The Morgan fingerprint density at radius 3 is 2.50 bits per heavy atom. The van der Waals surface area contributed by atoms with Gasteiger partial charge in [-0.25, -0.2) is 4.39 Å². The molecule has 0 bridgehead atoms. The van der Waals surface area contributed by atoms with Crippen LogP contribution < -0.4 is 0 Å². The van der Waals surface area contributed by atoms with Crippen LogP contribution in [0.4, 0.5) is 4.39 Å². The van der Waals surface area contributed by atoms with Gasteiger partial charge >= 0.3 is 0 Å². The highest BCUT2D eigenvalue weighted by atomic mass is 32.2. The molecule has 0 spiro atoms. The van der Waals surface area contributed by atoms with Crippen molar-refractivity contribution in [2.75, 3.05) is 12.0 Å². The number of carbonyl (C=O) groups is 1. The third-order valence-corrected chi connectivity index (χ3v) is 1.38. The Morgan fingerprint density at radius 1 is 1.88 bits per heavy atom. The third kappa shape index (κ3) is 3.02. The van der Waals surface area contributed by atoms with Crippen LogP contribution in [-0.4, -0.2) is 24.0 Å². The SMILES string of the molecule is CSCC(F)C(C)=O. The zero-order chi connectivity index (χ0) is 6.57. The van der Waals surface area contributed by atoms with Gasteiger partial charge in [-0.3, -0.25) is 4.79 Å². The van der Waals surface area contributed by atoms with Crippen molar-refractivity contribution < 1.29 is 9.18 Å². The van der Waals surface area contributed by atoms with E-state index < -0.39 is 6.17 Å². The highest BCUT2D eigenvalue weighted by molar-refractivity contribution is 7.98. The van der Waals surface area contributed by atoms with Gasteiger partial charge in [-0.05, 0) is 13.2 Å². The maximum Gasteiger partial charge on any atom is 0.167 e. The van der Waals surface area contributed by atoms with Crippen molar-refractivity contribution >= 4 is 17.5 Å². The summed E-state index contributed by atoms with van der Waals surface area (Å²) in [4.78, 5) is 10.1. The van der Waals surface area contributed by atoms with E-state index in [9.17, 15) is 9.18 Å². The summed E-state index contributed by atoms with van der Waals surface area (Å²) in [6.45, 7) is 1.26. The molecule has 0 heterocycles. The molecule has 1 atom stereocenters. The Labute approximate surface area is 52.6 Å². The normalized spacial score (nSPS) is 13.4. The average molecular weight is 136 g/mol. The summed E-state index contributed by atoms with van der Waals surface area (Å²) < 4.78 is 12.2. The van der Waals surface area contributed by atoms with Crippen LogP contribution in [0, 0.1) is 0 Å². The van der Waals surface area contributed by atoms with Crippen LogP contribution >= 0.6 is 11.8 Å². The Morgan fingerprint density at radius 2 is 2.38 bits per heavy atom. The molecule has 0 aliphatic rings. The topological polar surface area (TPSA) is 17.1 Å². The minimum Gasteiger partial charge on any atom is -0.297 e. The summed E-state index contributed by atoms with van der Waals surface area (Å²) in [5.41, 5.74) is 0. The van der Waals surface area contributed by atoms with Crippen molar-refractivity contribution in [2.45, 2.75) is 13.1 Å². The maximum atomic E-state index is 12.2. The van der Waals surface area contributed by atoms with Gasteiger partial charge in [-0.1, -0.05) is 0 Å². The molecular weight excluding hydrogens is 127 g/mol. The van der Waals surface area contributed by atoms with Crippen LogP contribution in [0.2, 0.25) is 0 Å². The zero-order valence-electron chi connectivity index (χ0n) is 4.98. The molecule has 0 fully saturated rings. The summed E-state index contributed by atoms with van der Waals surface area (Å²) in [5, 5.41) is 0. The zero-order valence-corrected chi connectivity index (χ0v) is 5.80. The van der Waals surface area contributed by atoms with Crippen molar-refractivity contribution in [1.29, 1.82) is 0 Å². The maximum absolute atomic E-state index is 12.2.